The highest BCUT2D eigenvalue weighted by molar-refractivity contribution is 6.01. The largest absolute Gasteiger partial charge is 0.452 e. The van der Waals surface area contributed by atoms with Gasteiger partial charge in [-0.1, -0.05) is 26.8 Å². The van der Waals surface area contributed by atoms with Gasteiger partial charge in [0.15, 0.2) is 11.4 Å². The molecule has 4 rings (SSSR count). The van der Waals surface area contributed by atoms with Gasteiger partial charge in [0.2, 0.25) is 5.78 Å². The molecule has 0 aromatic carbocycles. The van der Waals surface area contributed by atoms with Gasteiger partial charge in [-0.15, -0.1) is 0 Å². The second-order valence-corrected chi connectivity index (χ2v) is 9.97. The van der Waals surface area contributed by atoms with E-state index < -0.39 is 41.1 Å². The van der Waals surface area contributed by atoms with Crippen molar-refractivity contribution in [3.8, 4) is 0 Å². The van der Waals surface area contributed by atoms with Crippen molar-refractivity contribution in [3.05, 3.63) is 23.8 Å². The molecule has 4 aliphatic carbocycles. The van der Waals surface area contributed by atoms with Gasteiger partial charge in [-0.2, -0.15) is 0 Å². The average molecular weight is 420 g/mol. The highest BCUT2D eigenvalue weighted by atomic mass is 19.1. The summed E-state index contributed by atoms with van der Waals surface area (Å²) in [4.78, 5) is 36.2. The summed E-state index contributed by atoms with van der Waals surface area (Å²) < 4.78 is 20.8. The predicted octanol–water partition coefficient (Wildman–Crippen LogP) is 1.93. The van der Waals surface area contributed by atoms with Crippen LogP contribution in [0.25, 0.3) is 0 Å². The highest BCUT2D eigenvalue weighted by Gasteiger charge is 2.72. The molecule has 0 aliphatic heterocycles. The molecule has 4 aliphatic rings. The smallest absolute Gasteiger partial charge is 0.294 e. The molecule has 0 aromatic heterocycles. The zero-order chi connectivity index (χ0) is 22.1. The third-order valence-corrected chi connectivity index (χ3v) is 8.81. The van der Waals surface area contributed by atoms with E-state index in [2.05, 4.69) is 0 Å². The number of carbonyl (C=O) groups is 3. The van der Waals surface area contributed by atoms with Gasteiger partial charge < -0.3 is 14.9 Å². The van der Waals surface area contributed by atoms with E-state index in [0.717, 1.165) is 0 Å². The van der Waals surface area contributed by atoms with Crippen molar-refractivity contribution in [2.24, 2.45) is 34.5 Å². The molecule has 0 amide bonds. The average Bonchev–Trinajstić information content (AvgIpc) is 2.90. The molecule has 2 N–H and O–H groups in total. The SMILES string of the molecule is CC1C[C@H]2[C@@H]3CC(F)C4=CC(=O)C=C[C@]4(C)[C@H]3[C@@H](O)C[C@]2(C)[C@]1(OC=O)C(=O)CO. The summed E-state index contributed by atoms with van der Waals surface area (Å²) in [6, 6.07) is 0. The van der Waals surface area contributed by atoms with E-state index in [4.69, 9.17) is 4.74 Å². The van der Waals surface area contributed by atoms with Crippen LogP contribution in [0.4, 0.5) is 4.39 Å². The maximum Gasteiger partial charge on any atom is 0.294 e. The molecule has 6 nitrogen and oxygen atoms in total. The number of alkyl halides is 1. The number of ketones is 2. The molecule has 164 valence electrons. The summed E-state index contributed by atoms with van der Waals surface area (Å²) >= 11 is 0. The summed E-state index contributed by atoms with van der Waals surface area (Å²) in [5.41, 5.74) is -2.87. The highest BCUT2D eigenvalue weighted by Crippen LogP contribution is 2.69. The molecule has 30 heavy (non-hydrogen) atoms. The number of halogens is 1. The summed E-state index contributed by atoms with van der Waals surface area (Å²) in [7, 11) is 0. The fraction of sp³-hybridized carbons (Fsp3) is 0.696. The van der Waals surface area contributed by atoms with Crippen molar-refractivity contribution in [1.82, 2.24) is 0 Å². The van der Waals surface area contributed by atoms with Gasteiger partial charge in [-0.3, -0.25) is 14.4 Å². The quantitative estimate of drug-likeness (QED) is 0.674. The van der Waals surface area contributed by atoms with Gasteiger partial charge >= 0.3 is 0 Å². The van der Waals surface area contributed by atoms with Crippen LogP contribution >= 0.6 is 0 Å². The van der Waals surface area contributed by atoms with Crippen molar-refractivity contribution in [2.75, 3.05) is 6.61 Å². The Morgan fingerprint density at radius 2 is 2.07 bits per heavy atom. The first-order chi connectivity index (χ1) is 14.1. The molecule has 3 fully saturated rings. The van der Waals surface area contributed by atoms with Crippen LogP contribution in [-0.4, -0.2) is 52.7 Å². The van der Waals surface area contributed by atoms with E-state index in [-0.39, 0.29) is 48.8 Å². The van der Waals surface area contributed by atoms with E-state index in [9.17, 15) is 24.6 Å². The first kappa shape index (κ1) is 21.4. The lowest BCUT2D eigenvalue weighted by Gasteiger charge is -2.60. The number of aliphatic hydroxyl groups excluding tert-OH is 2. The zero-order valence-electron chi connectivity index (χ0n) is 17.5. The molecule has 3 saturated carbocycles. The van der Waals surface area contributed by atoms with Gasteiger partial charge in [0.25, 0.3) is 6.47 Å². The Balaban J connectivity index is 1.83. The van der Waals surface area contributed by atoms with Crippen LogP contribution in [0.15, 0.2) is 23.8 Å². The van der Waals surface area contributed by atoms with Crippen LogP contribution in [0.2, 0.25) is 0 Å². The van der Waals surface area contributed by atoms with Crippen molar-refractivity contribution in [1.29, 1.82) is 0 Å². The Labute approximate surface area is 175 Å². The molecule has 7 heteroatoms. The molecule has 2 unspecified atom stereocenters. The minimum absolute atomic E-state index is 0.141. The standard InChI is InChI=1S/C23H29FO6/c1-12-6-15-14-8-17(24)16-7-13(27)4-5-21(16,2)20(14)18(28)9-22(15,3)23(12,30-11-26)19(29)10-25/h4-5,7,11-12,14-15,17-18,20,25,28H,6,8-10H2,1-3H3/t12?,14-,15-,17?,18-,20+,21-,22-,23+/m0/s1. The van der Waals surface area contributed by atoms with Crippen LogP contribution in [0, 0.1) is 34.5 Å². The minimum Gasteiger partial charge on any atom is -0.452 e. The molecular weight excluding hydrogens is 391 g/mol. The summed E-state index contributed by atoms with van der Waals surface area (Å²) in [5.74, 6) is -1.98. The van der Waals surface area contributed by atoms with Crippen LogP contribution < -0.4 is 0 Å². The molecule has 0 spiro atoms. The number of allylic oxidation sites excluding steroid dienone is 4. The fourth-order valence-electron chi connectivity index (χ4n) is 7.76. The number of fused-ring (bicyclic) bond motifs is 5. The number of carbonyl (C=O) groups excluding carboxylic acids is 3. The lowest BCUT2D eigenvalue weighted by molar-refractivity contribution is -0.198. The second-order valence-electron chi connectivity index (χ2n) is 9.97. The van der Waals surface area contributed by atoms with Crippen molar-refractivity contribution in [3.63, 3.8) is 0 Å². The number of rotatable bonds is 4. The monoisotopic (exact) mass is 420 g/mol. The molecule has 0 bridgehead atoms. The van der Waals surface area contributed by atoms with Gasteiger partial charge in [0.05, 0.1) is 6.10 Å². The van der Waals surface area contributed by atoms with Gasteiger partial charge in [-0.25, -0.2) is 4.39 Å². The van der Waals surface area contributed by atoms with Gasteiger partial charge in [-0.05, 0) is 48.8 Å². The normalized spacial score (nSPS) is 49.5. The van der Waals surface area contributed by atoms with Crippen LogP contribution in [0.5, 0.6) is 0 Å². The van der Waals surface area contributed by atoms with Crippen molar-refractivity contribution < 1.29 is 33.7 Å². The van der Waals surface area contributed by atoms with E-state index in [1.807, 2.05) is 20.8 Å². The van der Waals surface area contributed by atoms with Gasteiger partial charge in [0, 0.05) is 22.7 Å². The summed E-state index contributed by atoms with van der Waals surface area (Å²) in [6.07, 6.45) is 3.14. The number of aliphatic hydroxyl groups is 2. The maximum absolute atomic E-state index is 15.3. The Morgan fingerprint density at radius 1 is 1.37 bits per heavy atom. The topological polar surface area (TPSA) is 101 Å². The third-order valence-electron chi connectivity index (χ3n) is 8.81. The Morgan fingerprint density at radius 3 is 2.70 bits per heavy atom. The Kier molecular flexibility index (Phi) is 4.86. The lowest BCUT2D eigenvalue weighted by atomic mass is 9.46. The first-order valence-corrected chi connectivity index (χ1v) is 10.6. The third kappa shape index (κ3) is 2.45. The number of ether oxygens (including phenoxy) is 1. The molecular formula is C23H29FO6. The molecule has 9 atom stereocenters. The molecule has 0 radical (unpaired) electrons. The van der Waals surface area contributed by atoms with Gasteiger partial charge in [0.1, 0.15) is 12.8 Å². The van der Waals surface area contributed by atoms with E-state index in [1.54, 1.807) is 6.08 Å². The van der Waals surface area contributed by atoms with Crippen molar-refractivity contribution >= 4 is 18.0 Å². The fourth-order valence-corrected chi connectivity index (χ4v) is 7.76. The van der Waals surface area contributed by atoms with Crippen LogP contribution in [0.1, 0.15) is 40.0 Å². The zero-order valence-corrected chi connectivity index (χ0v) is 17.5. The summed E-state index contributed by atoms with van der Waals surface area (Å²) in [6.45, 7) is 4.96. The van der Waals surface area contributed by atoms with Crippen LogP contribution in [-0.2, 0) is 19.1 Å². The first-order valence-electron chi connectivity index (χ1n) is 10.6. The maximum atomic E-state index is 15.3. The lowest BCUT2D eigenvalue weighted by Crippen LogP contribution is -2.64. The minimum atomic E-state index is -1.55. The van der Waals surface area contributed by atoms with E-state index in [1.165, 1.54) is 12.2 Å². The number of Topliss-reactive ketones (excluding diaryl/α,β-unsaturated/α-hetero) is 1. The van der Waals surface area contributed by atoms with Crippen LogP contribution in [0.3, 0.4) is 0 Å². The van der Waals surface area contributed by atoms with E-state index in [0.29, 0.717) is 12.0 Å². The molecule has 0 heterocycles. The molecule has 0 saturated heterocycles. The van der Waals surface area contributed by atoms with E-state index >= 15 is 4.39 Å². The molecule has 0 aromatic rings. The Bertz CT molecular complexity index is 851. The Hall–Kier alpha value is -1.86. The number of hydrogen-bond donors (Lipinski definition) is 2. The van der Waals surface area contributed by atoms with Crippen molar-refractivity contribution in [2.45, 2.75) is 57.9 Å². The predicted molar refractivity (Wildman–Crippen MR) is 105 cm³/mol. The second kappa shape index (κ2) is 6.82. The number of hydrogen-bond acceptors (Lipinski definition) is 6. The summed E-state index contributed by atoms with van der Waals surface area (Å²) in [5, 5.41) is 21.0.